The summed E-state index contributed by atoms with van der Waals surface area (Å²) in [5.74, 6) is 0.648. The zero-order valence-electron chi connectivity index (χ0n) is 12.4. The van der Waals surface area contributed by atoms with Gasteiger partial charge < -0.3 is 4.74 Å². The number of rotatable bonds is 4. The summed E-state index contributed by atoms with van der Waals surface area (Å²) in [5.41, 5.74) is 2.77. The molecule has 0 aliphatic carbocycles. The molecule has 22 heavy (non-hydrogen) atoms. The topological polar surface area (TPSA) is 57.0 Å². The predicted octanol–water partition coefficient (Wildman–Crippen LogP) is 2.82. The van der Waals surface area contributed by atoms with E-state index in [1.165, 1.54) is 10.9 Å². The highest BCUT2D eigenvalue weighted by molar-refractivity contribution is 6.08. The smallest absolute Gasteiger partial charge is 0.213 e. The summed E-state index contributed by atoms with van der Waals surface area (Å²) in [4.78, 5) is 12.7. The Labute approximate surface area is 128 Å². The molecular formula is C17H15N3O2. The minimum Gasteiger partial charge on any atom is -0.497 e. The second-order valence-corrected chi connectivity index (χ2v) is 4.87. The zero-order chi connectivity index (χ0) is 15.5. The average Bonchev–Trinajstić information content (AvgIpc) is 3.04. The summed E-state index contributed by atoms with van der Waals surface area (Å²) in [6.45, 7) is 1.91. The normalized spacial score (nSPS) is 10.5. The summed E-state index contributed by atoms with van der Waals surface area (Å²) in [7, 11) is 1.61. The number of benzene rings is 2. The maximum Gasteiger partial charge on any atom is 0.213 e. The second-order valence-electron chi connectivity index (χ2n) is 4.87. The molecule has 0 saturated heterocycles. The Bertz CT molecular complexity index is 807. The molecule has 0 radical (unpaired) electrons. The number of carbonyl (C=O) groups excluding carboxylic acids is 1. The molecule has 0 saturated carbocycles. The van der Waals surface area contributed by atoms with E-state index in [1.54, 1.807) is 7.11 Å². The molecular weight excluding hydrogens is 278 g/mol. The molecule has 1 aromatic heterocycles. The van der Waals surface area contributed by atoms with Gasteiger partial charge in [0, 0.05) is 5.56 Å². The van der Waals surface area contributed by atoms with Crippen LogP contribution in [0.5, 0.6) is 5.75 Å². The summed E-state index contributed by atoms with van der Waals surface area (Å²) in [6, 6.07) is 14.8. The number of hydrogen-bond acceptors (Lipinski definition) is 4. The highest BCUT2D eigenvalue weighted by atomic mass is 16.5. The molecule has 5 nitrogen and oxygen atoms in total. The molecule has 0 bridgehead atoms. The number of ether oxygens (including phenoxy) is 1. The lowest BCUT2D eigenvalue weighted by molar-refractivity contribution is 0.103. The van der Waals surface area contributed by atoms with Crippen LogP contribution in [0.2, 0.25) is 0 Å². The molecule has 3 aromatic rings. The van der Waals surface area contributed by atoms with Gasteiger partial charge in [-0.1, -0.05) is 29.5 Å². The Morgan fingerprint density at radius 2 is 1.82 bits per heavy atom. The standard InChI is InChI=1S/C17H15N3O2/c1-12-5-3-4-6-15(12)17(21)16-11-18-19-20(16)13-7-9-14(22-2)10-8-13/h3-11H,1-2H3. The Hall–Kier alpha value is -2.95. The van der Waals surface area contributed by atoms with Crippen molar-refractivity contribution < 1.29 is 9.53 Å². The minimum absolute atomic E-state index is 0.0982. The number of ketones is 1. The van der Waals surface area contributed by atoms with Crippen LogP contribution in [-0.4, -0.2) is 27.9 Å². The van der Waals surface area contributed by atoms with Crippen molar-refractivity contribution in [2.75, 3.05) is 7.11 Å². The van der Waals surface area contributed by atoms with Crippen molar-refractivity contribution >= 4 is 5.78 Å². The number of aromatic nitrogens is 3. The van der Waals surface area contributed by atoms with Crippen LogP contribution in [0.25, 0.3) is 5.69 Å². The summed E-state index contributed by atoms with van der Waals surface area (Å²) < 4.78 is 6.67. The zero-order valence-corrected chi connectivity index (χ0v) is 12.4. The third-order valence-electron chi connectivity index (χ3n) is 3.49. The van der Waals surface area contributed by atoms with Gasteiger partial charge >= 0.3 is 0 Å². The fourth-order valence-corrected chi connectivity index (χ4v) is 2.27. The lowest BCUT2D eigenvalue weighted by Gasteiger charge is -2.08. The predicted molar refractivity (Wildman–Crippen MR) is 82.5 cm³/mol. The average molecular weight is 293 g/mol. The lowest BCUT2D eigenvalue weighted by atomic mass is 10.0. The number of methoxy groups -OCH3 is 1. The van der Waals surface area contributed by atoms with E-state index in [2.05, 4.69) is 10.3 Å². The number of aryl methyl sites for hydroxylation is 1. The maximum atomic E-state index is 12.7. The van der Waals surface area contributed by atoms with E-state index in [0.29, 0.717) is 11.3 Å². The van der Waals surface area contributed by atoms with Crippen LogP contribution in [0.1, 0.15) is 21.6 Å². The molecule has 0 atom stereocenters. The molecule has 0 unspecified atom stereocenters. The Morgan fingerprint density at radius 3 is 2.50 bits per heavy atom. The lowest BCUT2D eigenvalue weighted by Crippen LogP contribution is -2.11. The van der Waals surface area contributed by atoms with Gasteiger partial charge in [0.15, 0.2) is 0 Å². The van der Waals surface area contributed by atoms with E-state index in [1.807, 2.05) is 55.5 Å². The fourth-order valence-electron chi connectivity index (χ4n) is 2.27. The van der Waals surface area contributed by atoms with Crippen LogP contribution < -0.4 is 4.74 Å². The largest absolute Gasteiger partial charge is 0.497 e. The van der Waals surface area contributed by atoms with E-state index < -0.39 is 0 Å². The highest BCUT2D eigenvalue weighted by Gasteiger charge is 2.18. The SMILES string of the molecule is COc1ccc(-n2nncc2C(=O)c2ccccc2C)cc1. The molecule has 5 heteroatoms. The highest BCUT2D eigenvalue weighted by Crippen LogP contribution is 2.18. The molecule has 0 aliphatic heterocycles. The van der Waals surface area contributed by atoms with Crippen molar-refractivity contribution in [1.82, 2.24) is 15.0 Å². The van der Waals surface area contributed by atoms with Gasteiger partial charge in [0.1, 0.15) is 11.4 Å². The first-order chi connectivity index (χ1) is 10.7. The number of nitrogens with zero attached hydrogens (tertiary/aromatic N) is 3. The summed E-state index contributed by atoms with van der Waals surface area (Å²) in [6.07, 6.45) is 1.49. The van der Waals surface area contributed by atoms with E-state index in [9.17, 15) is 4.79 Å². The second kappa shape index (κ2) is 5.81. The van der Waals surface area contributed by atoms with E-state index >= 15 is 0 Å². The minimum atomic E-state index is -0.0982. The molecule has 0 amide bonds. The Balaban J connectivity index is 2.01. The third-order valence-corrected chi connectivity index (χ3v) is 3.49. The number of hydrogen-bond donors (Lipinski definition) is 0. The van der Waals surface area contributed by atoms with Gasteiger partial charge in [-0.15, -0.1) is 5.10 Å². The van der Waals surface area contributed by atoms with Crippen molar-refractivity contribution in [3.05, 3.63) is 71.5 Å². The van der Waals surface area contributed by atoms with Crippen molar-refractivity contribution in [2.24, 2.45) is 0 Å². The van der Waals surface area contributed by atoms with Gasteiger partial charge in [-0.25, -0.2) is 4.68 Å². The van der Waals surface area contributed by atoms with Gasteiger partial charge in [0.2, 0.25) is 5.78 Å². The van der Waals surface area contributed by atoms with Crippen LogP contribution in [0.4, 0.5) is 0 Å². The van der Waals surface area contributed by atoms with Crippen LogP contribution in [0.15, 0.2) is 54.7 Å². The first-order valence-electron chi connectivity index (χ1n) is 6.86. The van der Waals surface area contributed by atoms with Gasteiger partial charge in [0.05, 0.1) is 19.0 Å². The van der Waals surface area contributed by atoms with E-state index in [-0.39, 0.29) is 5.78 Å². The molecule has 0 fully saturated rings. The Kier molecular flexibility index (Phi) is 3.70. The van der Waals surface area contributed by atoms with Gasteiger partial charge in [-0.05, 0) is 36.8 Å². The third kappa shape index (κ3) is 2.48. The molecule has 2 aromatic carbocycles. The summed E-state index contributed by atoms with van der Waals surface area (Å²) >= 11 is 0. The van der Waals surface area contributed by atoms with Gasteiger partial charge in [0.25, 0.3) is 0 Å². The first-order valence-corrected chi connectivity index (χ1v) is 6.86. The van der Waals surface area contributed by atoms with Crippen molar-refractivity contribution in [3.63, 3.8) is 0 Å². The van der Waals surface area contributed by atoms with Crippen LogP contribution in [0.3, 0.4) is 0 Å². The molecule has 3 rings (SSSR count). The van der Waals surface area contributed by atoms with Crippen LogP contribution in [0, 0.1) is 6.92 Å². The molecule has 0 aliphatic rings. The fraction of sp³-hybridized carbons (Fsp3) is 0.118. The monoisotopic (exact) mass is 293 g/mol. The molecule has 0 spiro atoms. The maximum absolute atomic E-state index is 12.7. The Morgan fingerprint density at radius 1 is 1.09 bits per heavy atom. The van der Waals surface area contributed by atoms with Crippen molar-refractivity contribution in [3.8, 4) is 11.4 Å². The van der Waals surface area contributed by atoms with Gasteiger partial charge in [-0.2, -0.15) is 0 Å². The quantitative estimate of drug-likeness (QED) is 0.694. The summed E-state index contributed by atoms with van der Waals surface area (Å²) in [5, 5.41) is 7.90. The van der Waals surface area contributed by atoms with Crippen molar-refractivity contribution in [1.29, 1.82) is 0 Å². The van der Waals surface area contributed by atoms with Crippen molar-refractivity contribution in [2.45, 2.75) is 6.92 Å². The van der Waals surface area contributed by atoms with Crippen LogP contribution in [-0.2, 0) is 0 Å². The molecule has 0 N–H and O–H groups in total. The van der Waals surface area contributed by atoms with E-state index in [0.717, 1.165) is 17.0 Å². The van der Waals surface area contributed by atoms with Gasteiger partial charge in [-0.3, -0.25) is 4.79 Å². The van der Waals surface area contributed by atoms with E-state index in [4.69, 9.17) is 4.74 Å². The number of carbonyl (C=O) groups is 1. The molecule has 1 heterocycles. The van der Waals surface area contributed by atoms with Crippen LogP contribution >= 0.6 is 0 Å². The first kappa shape index (κ1) is 14.0. The molecule has 110 valence electrons.